The number of fused-ring (bicyclic) bond motifs is 1. The third-order valence-electron chi connectivity index (χ3n) is 6.17. The second kappa shape index (κ2) is 7.18. The Morgan fingerprint density at radius 2 is 2.13 bits per heavy atom. The minimum absolute atomic E-state index is 0.156. The third-order valence-corrected chi connectivity index (χ3v) is 7.24. The molecule has 3 heterocycles. The number of hydrogen-bond donors (Lipinski definition) is 2. The van der Waals surface area contributed by atoms with E-state index in [1.807, 2.05) is 25.1 Å². The number of amides is 1. The van der Waals surface area contributed by atoms with Crippen LogP contribution in [0.4, 0.5) is 0 Å². The molecular weight excluding hydrogens is 398 g/mol. The number of aryl methyl sites for hydroxylation is 1. The maximum absolute atomic E-state index is 12.9. The molecule has 1 aliphatic carbocycles. The van der Waals surface area contributed by atoms with Crippen LogP contribution >= 0.6 is 11.3 Å². The van der Waals surface area contributed by atoms with E-state index in [2.05, 4.69) is 16.4 Å². The van der Waals surface area contributed by atoms with Gasteiger partial charge in [-0.15, -0.1) is 11.3 Å². The van der Waals surface area contributed by atoms with E-state index >= 15 is 0 Å². The van der Waals surface area contributed by atoms with Crippen molar-refractivity contribution in [2.24, 2.45) is 0 Å². The molecule has 7 heteroatoms. The molecule has 6 nitrogen and oxygen atoms in total. The van der Waals surface area contributed by atoms with Gasteiger partial charge in [0.2, 0.25) is 0 Å². The zero-order chi connectivity index (χ0) is 20.9. The predicted octanol–water partition coefficient (Wildman–Crippen LogP) is 2.84. The van der Waals surface area contributed by atoms with E-state index in [1.165, 1.54) is 4.88 Å². The number of benzene rings is 1. The summed E-state index contributed by atoms with van der Waals surface area (Å²) in [6, 6.07) is 11.4. The van der Waals surface area contributed by atoms with Crippen LogP contribution < -0.4 is 5.56 Å². The van der Waals surface area contributed by atoms with E-state index < -0.39 is 6.10 Å². The van der Waals surface area contributed by atoms with Gasteiger partial charge in [0.05, 0.1) is 23.2 Å². The van der Waals surface area contributed by atoms with Gasteiger partial charge < -0.3 is 15.0 Å². The van der Waals surface area contributed by atoms with Crippen molar-refractivity contribution < 1.29 is 9.90 Å². The summed E-state index contributed by atoms with van der Waals surface area (Å²) >= 11 is 1.69. The molecule has 1 atom stereocenters. The molecule has 1 amide bonds. The number of aromatic nitrogens is 2. The van der Waals surface area contributed by atoms with Crippen LogP contribution in [-0.4, -0.2) is 32.4 Å². The highest BCUT2D eigenvalue weighted by Gasteiger charge is 2.49. The van der Waals surface area contributed by atoms with E-state index in [1.54, 1.807) is 28.4 Å². The first-order chi connectivity index (χ1) is 14.5. The van der Waals surface area contributed by atoms with Gasteiger partial charge in [-0.3, -0.25) is 9.59 Å². The number of nitrogens with zero attached hydrogens (tertiary/aromatic N) is 2. The predicted molar refractivity (Wildman–Crippen MR) is 114 cm³/mol. The number of aliphatic hydroxyl groups excluding tert-OH is 1. The summed E-state index contributed by atoms with van der Waals surface area (Å²) in [5.74, 6) is 0.361. The molecule has 3 aromatic rings. The summed E-state index contributed by atoms with van der Waals surface area (Å²) in [4.78, 5) is 36.4. The summed E-state index contributed by atoms with van der Waals surface area (Å²) in [5, 5.41) is 12.6. The lowest BCUT2D eigenvalue weighted by atomic mass is 10.0. The van der Waals surface area contributed by atoms with Crippen LogP contribution in [-0.2, 0) is 23.2 Å². The fourth-order valence-electron chi connectivity index (χ4n) is 4.27. The molecule has 0 saturated heterocycles. The Morgan fingerprint density at radius 3 is 2.83 bits per heavy atom. The van der Waals surface area contributed by atoms with Crippen LogP contribution in [0.5, 0.6) is 0 Å². The van der Waals surface area contributed by atoms with Gasteiger partial charge in [-0.2, -0.15) is 0 Å². The number of carbonyl (C=O) groups excluding carboxylic acids is 1. The average Bonchev–Trinajstić information content (AvgIpc) is 3.38. The third kappa shape index (κ3) is 3.18. The van der Waals surface area contributed by atoms with Crippen molar-refractivity contribution in [3.05, 3.63) is 85.2 Å². The zero-order valence-corrected chi connectivity index (χ0v) is 17.5. The molecule has 1 unspecified atom stereocenters. The molecule has 5 rings (SSSR count). The van der Waals surface area contributed by atoms with Crippen molar-refractivity contribution in [1.82, 2.24) is 14.9 Å². The highest BCUT2D eigenvalue weighted by atomic mass is 32.1. The van der Waals surface area contributed by atoms with Crippen molar-refractivity contribution in [2.45, 2.75) is 44.2 Å². The Hall–Kier alpha value is -2.77. The number of carbonyl (C=O) groups is 1. The molecule has 2 aromatic heterocycles. The van der Waals surface area contributed by atoms with Gasteiger partial charge in [-0.1, -0.05) is 35.9 Å². The molecule has 1 fully saturated rings. The number of H-pyrrole nitrogens is 1. The molecule has 0 spiro atoms. The van der Waals surface area contributed by atoms with Gasteiger partial charge in [0.25, 0.3) is 11.5 Å². The summed E-state index contributed by atoms with van der Waals surface area (Å²) in [6.07, 6.45) is 1.26. The Kier molecular flexibility index (Phi) is 4.60. The van der Waals surface area contributed by atoms with E-state index in [0.717, 1.165) is 29.9 Å². The molecule has 2 N–H and O–H groups in total. The molecule has 1 aliphatic heterocycles. The van der Waals surface area contributed by atoms with Crippen LogP contribution in [0.1, 0.15) is 52.0 Å². The van der Waals surface area contributed by atoms with Crippen molar-refractivity contribution in [3.63, 3.8) is 0 Å². The lowest BCUT2D eigenvalue weighted by Crippen LogP contribution is -2.42. The first kappa shape index (κ1) is 19.2. The minimum atomic E-state index is -1.23. The van der Waals surface area contributed by atoms with Crippen LogP contribution in [0, 0.1) is 6.92 Å². The average molecular weight is 422 g/mol. The summed E-state index contributed by atoms with van der Waals surface area (Å²) in [5.41, 5.74) is 2.51. The molecule has 1 saturated carbocycles. The Bertz CT molecular complexity index is 1160. The number of thiophene rings is 1. The lowest BCUT2D eigenvalue weighted by molar-refractivity contribution is -0.141. The first-order valence-electron chi connectivity index (χ1n) is 10.2. The van der Waals surface area contributed by atoms with E-state index in [-0.39, 0.29) is 23.4 Å². The normalized spacial score (nSPS) is 18.0. The topological polar surface area (TPSA) is 86.3 Å². The fraction of sp³-hybridized carbons (Fsp3) is 0.348. The van der Waals surface area contributed by atoms with E-state index in [0.29, 0.717) is 24.1 Å². The van der Waals surface area contributed by atoms with Gasteiger partial charge in [-0.25, -0.2) is 4.98 Å². The minimum Gasteiger partial charge on any atom is -0.378 e. The van der Waals surface area contributed by atoms with Crippen molar-refractivity contribution >= 4 is 17.2 Å². The highest BCUT2D eigenvalue weighted by molar-refractivity contribution is 7.10. The van der Waals surface area contributed by atoms with Crippen LogP contribution in [0.3, 0.4) is 0 Å². The van der Waals surface area contributed by atoms with Gasteiger partial charge in [0.15, 0.2) is 6.10 Å². The first-order valence-corrected chi connectivity index (χ1v) is 11.1. The maximum atomic E-state index is 12.9. The second-order valence-corrected chi connectivity index (χ2v) is 9.17. The Morgan fingerprint density at radius 1 is 1.30 bits per heavy atom. The molecule has 0 bridgehead atoms. The highest BCUT2D eigenvalue weighted by Crippen LogP contribution is 2.53. The summed E-state index contributed by atoms with van der Waals surface area (Å²) in [6.45, 7) is 2.53. The molecule has 2 aliphatic rings. The Balaban J connectivity index is 1.40. The SMILES string of the molecule is Cc1cccc(C(O)C(=O)N2CCc3nc(C4(c5cccs5)CC4)[nH]c(=O)c3C2)c1. The quantitative estimate of drug-likeness (QED) is 0.678. The molecule has 154 valence electrons. The number of hydrogen-bond acceptors (Lipinski definition) is 5. The largest absolute Gasteiger partial charge is 0.378 e. The monoisotopic (exact) mass is 421 g/mol. The fourth-order valence-corrected chi connectivity index (χ4v) is 5.26. The number of rotatable bonds is 4. The van der Waals surface area contributed by atoms with Crippen molar-refractivity contribution in [3.8, 4) is 0 Å². The Labute approximate surface area is 178 Å². The van der Waals surface area contributed by atoms with Crippen LogP contribution in [0.25, 0.3) is 0 Å². The van der Waals surface area contributed by atoms with Crippen LogP contribution in [0.15, 0.2) is 46.6 Å². The molecular formula is C23H23N3O3S. The van der Waals surface area contributed by atoms with Gasteiger partial charge in [-0.05, 0) is 36.8 Å². The number of aromatic amines is 1. The summed E-state index contributed by atoms with van der Waals surface area (Å²) in [7, 11) is 0. The van der Waals surface area contributed by atoms with Gasteiger partial charge in [0, 0.05) is 17.8 Å². The second-order valence-electron chi connectivity index (χ2n) is 8.23. The zero-order valence-electron chi connectivity index (χ0n) is 16.7. The van der Waals surface area contributed by atoms with E-state index in [9.17, 15) is 14.7 Å². The molecule has 30 heavy (non-hydrogen) atoms. The van der Waals surface area contributed by atoms with Crippen molar-refractivity contribution in [2.75, 3.05) is 6.54 Å². The lowest BCUT2D eigenvalue weighted by Gasteiger charge is -2.30. The standard InChI is InChI=1S/C23H23N3O3S/c1-14-4-2-5-15(12-14)19(27)21(29)26-10-7-17-16(13-26)20(28)25-22(24-17)23(8-9-23)18-6-3-11-30-18/h2-6,11-12,19,27H,7-10,13H2,1H3,(H,24,25,28). The number of nitrogens with one attached hydrogen (secondary N) is 1. The van der Waals surface area contributed by atoms with Gasteiger partial charge in [0.1, 0.15) is 5.82 Å². The van der Waals surface area contributed by atoms with Gasteiger partial charge >= 0.3 is 0 Å². The van der Waals surface area contributed by atoms with E-state index in [4.69, 9.17) is 4.98 Å². The number of aliphatic hydroxyl groups is 1. The van der Waals surface area contributed by atoms with Crippen molar-refractivity contribution in [1.29, 1.82) is 0 Å². The summed E-state index contributed by atoms with van der Waals surface area (Å²) < 4.78 is 0. The maximum Gasteiger partial charge on any atom is 0.256 e. The van der Waals surface area contributed by atoms with Crippen LogP contribution in [0.2, 0.25) is 0 Å². The smallest absolute Gasteiger partial charge is 0.256 e. The molecule has 1 aromatic carbocycles. The molecule has 0 radical (unpaired) electrons.